The minimum atomic E-state index is -3.53. The normalized spacial score (nSPS) is 15.3. The fourth-order valence-corrected chi connectivity index (χ4v) is 4.95. The molecule has 0 aromatic heterocycles. The molecule has 1 amide bonds. The number of carbonyl (C=O) groups is 1. The second-order valence-electron chi connectivity index (χ2n) is 7.38. The Balaban J connectivity index is 1.56. The Morgan fingerprint density at radius 2 is 1.72 bits per heavy atom. The number of benzene rings is 2. The molecule has 1 saturated heterocycles. The Kier molecular flexibility index (Phi) is 6.59. The predicted octanol–water partition coefficient (Wildman–Crippen LogP) is 2.78. The SMILES string of the molecule is COc1cccc(CCC(=O)N2CCN(S(=O)(=O)c3ccc(C)c(C)c3)CC2)c1. The zero-order chi connectivity index (χ0) is 21.0. The van der Waals surface area contributed by atoms with Gasteiger partial charge in [-0.15, -0.1) is 0 Å². The lowest BCUT2D eigenvalue weighted by atomic mass is 10.1. The van der Waals surface area contributed by atoms with E-state index in [2.05, 4.69) is 0 Å². The van der Waals surface area contributed by atoms with Crippen LogP contribution in [0.25, 0.3) is 0 Å². The summed E-state index contributed by atoms with van der Waals surface area (Å²) in [6, 6.07) is 12.9. The van der Waals surface area contributed by atoms with Gasteiger partial charge in [-0.3, -0.25) is 4.79 Å². The summed E-state index contributed by atoms with van der Waals surface area (Å²) in [4.78, 5) is 14.6. The Hall–Kier alpha value is -2.38. The Bertz CT molecular complexity index is 980. The van der Waals surface area contributed by atoms with Crippen LogP contribution in [0.4, 0.5) is 0 Å². The first-order valence-electron chi connectivity index (χ1n) is 9.79. The average Bonchev–Trinajstić information content (AvgIpc) is 2.74. The summed E-state index contributed by atoms with van der Waals surface area (Å²) in [6.07, 6.45) is 1.04. The molecule has 156 valence electrons. The highest BCUT2D eigenvalue weighted by Gasteiger charge is 2.30. The van der Waals surface area contributed by atoms with Crippen molar-refractivity contribution < 1.29 is 17.9 Å². The van der Waals surface area contributed by atoms with Crippen molar-refractivity contribution in [2.24, 2.45) is 0 Å². The molecular weight excluding hydrogens is 388 g/mol. The topological polar surface area (TPSA) is 66.9 Å². The fraction of sp³-hybridized carbons (Fsp3) is 0.409. The highest BCUT2D eigenvalue weighted by Crippen LogP contribution is 2.21. The molecule has 0 saturated carbocycles. The Morgan fingerprint density at radius 1 is 1.00 bits per heavy atom. The predicted molar refractivity (Wildman–Crippen MR) is 113 cm³/mol. The van der Waals surface area contributed by atoms with Crippen molar-refractivity contribution >= 4 is 15.9 Å². The van der Waals surface area contributed by atoms with Crippen molar-refractivity contribution in [3.05, 3.63) is 59.2 Å². The van der Waals surface area contributed by atoms with Gasteiger partial charge < -0.3 is 9.64 Å². The largest absolute Gasteiger partial charge is 0.497 e. The van der Waals surface area contributed by atoms with Crippen molar-refractivity contribution in [3.8, 4) is 5.75 Å². The molecule has 2 aromatic rings. The van der Waals surface area contributed by atoms with Crippen LogP contribution < -0.4 is 4.74 Å². The molecule has 29 heavy (non-hydrogen) atoms. The summed E-state index contributed by atoms with van der Waals surface area (Å²) in [5.41, 5.74) is 3.07. The third-order valence-corrected chi connectivity index (χ3v) is 7.36. The molecule has 0 radical (unpaired) electrons. The molecule has 1 aliphatic heterocycles. The van der Waals surface area contributed by atoms with Gasteiger partial charge in [0.05, 0.1) is 12.0 Å². The van der Waals surface area contributed by atoms with Crippen LogP contribution in [0.1, 0.15) is 23.1 Å². The number of rotatable bonds is 6. The van der Waals surface area contributed by atoms with Crippen molar-refractivity contribution in [1.82, 2.24) is 9.21 Å². The molecule has 1 heterocycles. The zero-order valence-electron chi connectivity index (χ0n) is 17.2. The quantitative estimate of drug-likeness (QED) is 0.726. The van der Waals surface area contributed by atoms with Gasteiger partial charge in [-0.05, 0) is 61.2 Å². The number of methoxy groups -OCH3 is 1. The minimum absolute atomic E-state index is 0.0519. The Morgan fingerprint density at radius 3 is 2.38 bits per heavy atom. The first-order chi connectivity index (χ1) is 13.8. The lowest BCUT2D eigenvalue weighted by Crippen LogP contribution is -2.50. The highest BCUT2D eigenvalue weighted by molar-refractivity contribution is 7.89. The summed E-state index contributed by atoms with van der Waals surface area (Å²) in [6.45, 7) is 5.34. The maximum absolute atomic E-state index is 12.9. The van der Waals surface area contributed by atoms with Crippen LogP contribution in [0.2, 0.25) is 0 Å². The Labute approximate surface area is 173 Å². The molecule has 0 bridgehead atoms. The first kappa shape index (κ1) is 21.3. The van der Waals surface area contributed by atoms with Gasteiger partial charge in [0.1, 0.15) is 5.75 Å². The van der Waals surface area contributed by atoms with Crippen molar-refractivity contribution in [3.63, 3.8) is 0 Å². The summed E-state index contributed by atoms with van der Waals surface area (Å²) < 4.78 is 32.5. The number of sulfonamides is 1. The van der Waals surface area contributed by atoms with Crippen molar-refractivity contribution in [2.75, 3.05) is 33.3 Å². The number of nitrogens with zero attached hydrogens (tertiary/aromatic N) is 2. The molecule has 1 aliphatic rings. The molecule has 0 unspecified atom stereocenters. The monoisotopic (exact) mass is 416 g/mol. The van der Waals surface area contributed by atoms with Gasteiger partial charge in [0.15, 0.2) is 0 Å². The van der Waals surface area contributed by atoms with Gasteiger partial charge in [0, 0.05) is 32.6 Å². The van der Waals surface area contributed by atoms with Crippen LogP contribution in [0.3, 0.4) is 0 Å². The number of aryl methyl sites for hydroxylation is 3. The number of hydrogen-bond acceptors (Lipinski definition) is 4. The second-order valence-corrected chi connectivity index (χ2v) is 9.32. The van der Waals surface area contributed by atoms with Gasteiger partial charge in [-0.2, -0.15) is 4.31 Å². The van der Waals surface area contributed by atoms with Crippen LogP contribution in [-0.2, 0) is 21.2 Å². The molecule has 7 heteroatoms. The molecular formula is C22H28N2O4S. The smallest absolute Gasteiger partial charge is 0.243 e. The van der Waals surface area contributed by atoms with Gasteiger partial charge in [0.25, 0.3) is 0 Å². The number of hydrogen-bond donors (Lipinski definition) is 0. The van der Waals surface area contributed by atoms with E-state index in [1.165, 1.54) is 4.31 Å². The van der Waals surface area contributed by atoms with E-state index in [4.69, 9.17) is 4.74 Å². The summed E-state index contributed by atoms with van der Waals surface area (Å²) in [5, 5.41) is 0. The van der Waals surface area contributed by atoms with E-state index < -0.39 is 10.0 Å². The standard InChI is InChI=1S/C22H28N2O4S/c1-17-7-9-21(15-18(17)2)29(26,27)24-13-11-23(12-14-24)22(25)10-8-19-5-4-6-20(16-19)28-3/h4-7,9,15-16H,8,10-14H2,1-3H3. The first-order valence-corrected chi connectivity index (χ1v) is 11.2. The maximum atomic E-state index is 12.9. The summed E-state index contributed by atoms with van der Waals surface area (Å²) >= 11 is 0. The zero-order valence-corrected chi connectivity index (χ0v) is 18.0. The minimum Gasteiger partial charge on any atom is -0.497 e. The summed E-state index contributed by atoms with van der Waals surface area (Å²) in [7, 11) is -1.91. The number of ether oxygens (including phenoxy) is 1. The maximum Gasteiger partial charge on any atom is 0.243 e. The van der Waals surface area contributed by atoms with E-state index in [0.29, 0.717) is 43.9 Å². The average molecular weight is 417 g/mol. The molecule has 1 fully saturated rings. The van der Waals surface area contributed by atoms with Crippen molar-refractivity contribution in [1.29, 1.82) is 0 Å². The van der Waals surface area contributed by atoms with Gasteiger partial charge in [-0.25, -0.2) is 8.42 Å². The van der Waals surface area contributed by atoms with E-state index in [0.717, 1.165) is 22.4 Å². The number of carbonyl (C=O) groups excluding carboxylic acids is 1. The molecule has 0 aliphatic carbocycles. The summed E-state index contributed by atoms with van der Waals surface area (Å²) in [5.74, 6) is 0.830. The van der Waals surface area contributed by atoms with Crippen LogP contribution >= 0.6 is 0 Å². The molecule has 2 aromatic carbocycles. The lowest BCUT2D eigenvalue weighted by Gasteiger charge is -2.34. The van der Waals surface area contributed by atoms with Crippen LogP contribution in [-0.4, -0.2) is 56.8 Å². The number of amides is 1. The van der Waals surface area contributed by atoms with E-state index in [1.54, 1.807) is 24.1 Å². The molecule has 0 atom stereocenters. The second kappa shape index (κ2) is 8.97. The highest BCUT2D eigenvalue weighted by atomic mass is 32.2. The van der Waals surface area contributed by atoms with Crippen LogP contribution in [0, 0.1) is 13.8 Å². The van der Waals surface area contributed by atoms with Crippen LogP contribution in [0.15, 0.2) is 47.4 Å². The van der Waals surface area contributed by atoms with E-state index in [-0.39, 0.29) is 5.91 Å². The lowest BCUT2D eigenvalue weighted by molar-refractivity contribution is -0.132. The third-order valence-electron chi connectivity index (χ3n) is 5.47. The van der Waals surface area contributed by atoms with E-state index in [9.17, 15) is 13.2 Å². The third kappa shape index (κ3) is 4.97. The van der Waals surface area contributed by atoms with Crippen molar-refractivity contribution in [2.45, 2.75) is 31.6 Å². The molecule has 0 N–H and O–H groups in total. The molecule has 6 nitrogen and oxygen atoms in total. The van der Waals surface area contributed by atoms with Crippen LogP contribution in [0.5, 0.6) is 5.75 Å². The molecule has 3 rings (SSSR count). The molecule has 0 spiro atoms. The number of piperazine rings is 1. The van der Waals surface area contributed by atoms with Gasteiger partial charge in [-0.1, -0.05) is 18.2 Å². The van der Waals surface area contributed by atoms with Gasteiger partial charge in [0.2, 0.25) is 15.9 Å². The van der Waals surface area contributed by atoms with Gasteiger partial charge >= 0.3 is 0 Å². The van der Waals surface area contributed by atoms with E-state index in [1.807, 2.05) is 44.2 Å². The van der Waals surface area contributed by atoms with E-state index >= 15 is 0 Å². The fourth-order valence-electron chi connectivity index (χ4n) is 3.44.